The Morgan fingerprint density at radius 2 is 2.12 bits per heavy atom. The summed E-state index contributed by atoms with van der Waals surface area (Å²) in [5, 5.41) is 8.86. The maximum absolute atomic E-state index is 13.8. The molecule has 1 aromatic carbocycles. The average Bonchev–Trinajstić information content (AvgIpc) is 2.53. The molecule has 2 rings (SSSR count). The summed E-state index contributed by atoms with van der Waals surface area (Å²) in [6.07, 6.45) is -1.77. The smallest absolute Gasteiger partial charge is 0.306 e. The maximum Gasteiger partial charge on any atom is 0.306 e. The number of halogens is 2. The molecule has 1 aromatic rings. The molecule has 25 heavy (non-hydrogen) atoms. The molecule has 1 amide bonds. The van der Waals surface area contributed by atoms with Gasteiger partial charge in [0.05, 0.1) is 19.1 Å². The number of carbonyl (C=O) groups is 2. The van der Waals surface area contributed by atoms with Crippen molar-refractivity contribution in [2.24, 2.45) is 5.92 Å². The first-order valence-corrected chi connectivity index (χ1v) is 8.01. The Labute approximate surface area is 144 Å². The van der Waals surface area contributed by atoms with Crippen LogP contribution in [0.25, 0.3) is 0 Å². The zero-order valence-electron chi connectivity index (χ0n) is 14.1. The predicted octanol–water partition coefficient (Wildman–Crippen LogP) is 2.07. The lowest BCUT2D eigenvalue weighted by Crippen LogP contribution is -2.52. The van der Waals surface area contributed by atoms with E-state index < -0.39 is 29.8 Å². The molecule has 2 atom stereocenters. The predicted molar refractivity (Wildman–Crippen MR) is 84.2 cm³/mol. The van der Waals surface area contributed by atoms with Crippen molar-refractivity contribution in [2.45, 2.75) is 32.5 Å². The summed E-state index contributed by atoms with van der Waals surface area (Å²) >= 11 is 0. The van der Waals surface area contributed by atoms with Crippen molar-refractivity contribution in [1.29, 1.82) is 0 Å². The number of carbonyl (C=O) groups excluding carboxylic acids is 1. The van der Waals surface area contributed by atoms with E-state index in [0.717, 1.165) is 12.1 Å². The number of carboxylic acid groups (broad SMARTS) is 1. The van der Waals surface area contributed by atoms with Crippen molar-refractivity contribution in [1.82, 2.24) is 4.90 Å². The molecule has 1 aliphatic rings. The van der Waals surface area contributed by atoms with Crippen LogP contribution in [0.1, 0.15) is 20.3 Å². The van der Waals surface area contributed by atoms with Crippen LogP contribution in [0.5, 0.6) is 5.75 Å². The first kappa shape index (κ1) is 19.1. The summed E-state index contributed by atoms with van der Waals surface area (Å²) in [6, 6.07) is 2.88. The van der Waals surface area contributed by atoms with Crippen LogP contribution in [-0.2, 0) is 14.3 Å². The molecule has 8 heteroatoms. The van der Waals surface area contributed by atoms with Crippen molar-refractivity contribution in [3.63, 3.8) is 0 Å². The van der Waals surface area contributed by atoms with Crippen LogP contribution in [0.2, 0.25) is 0 Å². The topological polar surface area (TPSA) is 76.1 Å². The van der Waals surface area contributed by atoms with Gasteiger partial charge in [-0.05, 0) is 18.1 Å². The Hall–Kier alpha value is -2.22. The lowest BCUT2D eigenvalue weighted by molar-refractivity contribution is -0.153. The van der Waals surface area contributed by atoms with Crippen LogP contribution < -0.4 is 4.74 Å². The van der Waals surface area contributed by atoms with Gasteiger partial charge in [0, 0.05) is 19.2 Å². The molecule has 0 radical (unpaired) electrons. The first-order valence-electron chi connectivity index (χ1n) is 8.01. The van der Waals surface area contributed by atoms with Gasteiger partial charge in [-0.1, -0.05) is 13.8 Å². The highest BCUT2D eigenvalue weighted by molar-refractivity contribution is 5.82. The molecule has 1 N–H and O–H groups in total. The molecule has 0 spiro atoms. The number of aliphatic carboxylic acids is 1. The number of ether oxygens (including phenoxy) is 2. The first-order chi connectivity index (χ1) is 11.8. The zero-order valence-corrected chi connectivity index (χ0v) is 14.1. The van der Waals surface area contributed by atoms with Crippen molar-refractivity contribution >= 4 is 11.9 Å². The van der Waals surface area contributed by atoms with Crippen LogP contribution in [0.15, 0.2) is 18.2 Å². The summed E-state index contributed by atoms with van der Waals surface area (Å²) in [5.41, 5.74) is 0. The summed E-state index contributed by atoms with van der Waals surface area (Å²) in [6.45, 7) is 4.15. The highest BCUT2D eigenvalue weighted by Gasteiger charge is 2.33. The summed E-state index contributed by atoms with van der Waals surface area (Å²) in [7, 11) is 0. The van der Waals surface area contributed by atoms with Crippen molar-refractivity contribution in [3.05, 3.63) is 29.8 Å². The second-order valence-electron chi connectivity index (χ2n) is 6.23. The molecule has 1 heterocycles. The Morgan fingerprint density at radius 1 is 1.40 bits per heavy atom. The van der Waals surface area contributed by atoms with Crippen molar-refractivity contribution in [3.8, 4) is 5.75 Å². The fourth-order valence-corrected chi connectivity index (χ4v) is 2.60. The van der Waals surface area contributed by atoms with E-state index in [1.54, 1.807) is 13.8 Å². The summed E-state index contributed by atoms with van der Waals surface area (Å²) < 4.78 is 37.7. The van der Waals surface area contributed by atoms with E-state index in [-0.39, 0.29) is 37.1 Å². The molecule has 0 aliphatic carbocycles. The minimum Gasteiger partial charge on any atom is -0.481 e. The van der Waals surface area contributed by atoms with E-state index in [0.29, 0.717) is 12.6 Å². The fraction of sp³-hybridized carbons (Fsp3) is 0.529. The molecule has 0 bridgehead atoms. The lowest BCUT2D eigenvalue weighted by atomic mass is 10.0. The Kier molecular flexibility index (Phi) is 6.30. The van der Waals surface area contributed by atoms with Crippen molar-refractivity contribution < 1.29 is 33.0 Å². The Morgan fingerprint density at radius 3 is 2.72 bits per heavy atom. The van der Waals surface area contributed by atoms with Gasteiger partial charge >= 0.3 is 5.97 Å². The molecule has 0 aromatic heterocycles. The van der Waals surface area contributed by atoms with Gasteiger partial charge in [0.1, 0.15) is 5.82 Å². The molecule has 0 unspecified atom stereocenters. The largest absolute Gasteiger partial charge is 0.481 e. The highest BCUT2D eigenvalue weighted by Crippen LogP contribution is 2.23. The average molecular weight is 357 g/mol. The lowest BCUT2D eigenvalue weighted by Gasteiger charge is -2.35. The van der Waals surface area contributed by atoms with Gasteiger partial charge in [0.15, 0.2) is 17.7 Å². The van der Waals surface area contributed by atoms with Crippen LogP contribution in [0, 0.1) is 17.6 Å². The number of benzene rings is 1. The highest BCUT2D eigenvalue weighted by atomic mass is 19.1. The van der Waals surface area contributed by atoms with Gasteiger partial charge in [-0.3, -0.25) is 9.59 Å². The standard InChI is InChI=1S/C17H21F2NO5/c1-10(2)16(25-14-4-3-11(18)7-13(14)19)17(23)20-5-6-24-12(9-20)8-15(21)22/h3-4,7,10,12,16H,5-6,8-9H2,1-2H3,(H,21,22)/t12-,16-/m1/s1. The number of hydrogen-bond donors (Lipinski definition) is 1. The van der Waals surface area contributed by atoms with E-state index in [9.17, 15) is 18.4 Å². The Balaban J connectivity index is 2.10. The van der Waals surface area contributed by atoms with Gasteiger partial charge in [-0.25, -0.2) is 8.78 Å². The van der Waals surface area contributed by atoms with Gasteiger partial charge in [-0.15, -0.1) is 0 Å². The minimum atomic E-state index is -1.01. The van der Waals surface area contributed by atoms with Crippen molar-refractivity contribution in [2.75, 3.05) is 19.7 Å². The number of morpholine rings is 1. The number of amides is 1. The molecule has 138 valence electrons. The van der Waals surface area contributed by atoms with Crippen LogP contribution >= 0.6 is 0 Å². The second kappa shape index (κ2) is 8.24. The molecular weight excluding hydrogens is 336 g/mol. The maximum atomic E-state index is 13.8. The van der Waals surface area contributed by atoms with Crippen LogP contribution in [0.3, 0.4) is 0 Å². The third kappa shape index (κ3) is 5.12. The zero-order chi connectivity index (χ0) is 18.6. The van der Waals surface area contributed by atoms with Gasteiger partial charge in [-0.2, -0.15) is 0 Å². The van der Waals surface area contributed by atoms with E-state index in [4.69, 9.17) is 14.6 Å². The summed E-state index contributed by atoms with van der Waals surface area (Å²) in [4.78, 5) is 25.0. The number of nitrogens with zero attached hydrogens (tertiary/aromatic N) is 1. The minimum absolute atomic E-state index is 0.129. The quantitative estimate of drug-likeness (QED) is 0.844. The fourth-order valence-electron chi connectivity index (χ4n) is 2.60. The van der Waals surface area contributed by atoms with E-state index in [1.165, 1.54) is 4.90 Å². The molecule has 1 aliphatic heterocycles. The summed E-state index contributed by atoms with van der Waals surface area (Å²) in [5.74, 6) is -3.48. The number of carboxylic acids is 1. The molecule has 1 saturated heterocycles. The molecule has 1 fully saturated rings. The Bertz CT molecular complexity index is 637. The normalized spacial score (nSPS) is 18.9. The van der Waals surface area contributed by atoms with Gasteiger partial charge < -0.3 is 19.5 Å². The van der Waals surface area contributed by atoms with E-state index >= 15 is 0 Å². The molecular formula is C17H21F2NO5. The third-order valence-corrected chi connectivity index (χ3v) is 3.85. The van der Waals surface area contributed by atoms with Crippen LogP contribution in [0.4, 0.5) is 8.78 Å². The number of rotatable bonds is 6. The van der Waals surface area contributed by atoms with E-state index in [2.05, 4.69) is 0 Å². The monoisotopic (exact) mass is 357 g/mol. The van der Waals surface area contributed by atoms with E-state index in [1.807, 2.05) is 0 Å². The van der Waals surface area contributed by atoms with Crippen LogP contribution in [-0.4, -0.2) is 53.8 Å². The molecule has 6 nitrogen and oxygen atoms in total. The van der Waals surface area contributed by atoms with Gasteiger partial charge in [0.25, 0.3) is 5.91 Å². The number of hydrogen-bond acceptors (Lipinski definition) is 4. The SMILES string of the molecule is CC(C)[C@@H](Oc1ccc(F)cc1F)C(=O)N1CCO[C@H](CC(=O)O)C1. The van der Waals surface area contributed by atoms with Gasteiger partial charge in [0.2, 0.25) is 0 Å². The second-order valence-corrected chi connectivity index (χ2v) is 6.23. The third-order valence-electron chi connectivity index (χ3n) is 3.85. The molecule has 0 saturated carbocycles.